The number of hydrogen-bond acceptors (Lipinski definition) is 3. The number of nitrogens with zero attached hydrogens (tertiary/aromatic N) is 2. The van der Waals surface area contributed by atoms with Gasteiger partial charge in [-0.25, -0.2) is 9.78 Å². The number of carboxylic acid groups (broad SMARTS) is 1. The minimum atomic E-state index is -0.963. The second kappa shape index (κ2) is 8.00. The van der Waals surface area contributed by atoms with Crippen molar-refractivity contribution < 1.29 is 9.90 Å². The molecule has 5 heteroatoms. The van der Waals surface area contributed by atoms with Crippen LogP contribution >= 0.6 is 0 Å². The zero-order valence-corrected chi connectivity index (χ0v) is 17.6. The lowest BCUT2D eigenvalue weighted by Gasteiger charge is -2.14. The predicted molar refractivity (Wildman–Crippen MR) is 123 cm³/mol. The van der Waals surface area contributed by atoms with E-state index in [-0.39, 0.29) is 5.56 Å². The molecule has 5 nitrogen and oxygen atoms in total. The van der Waals surface area contributed by atoms with E-state index in [1.165, 1.54) is 37.1 Å². The molecule has 1 fully saturated rings. The summed E-state index contributed by atoms with van der Waals surface area (Å²) in [7, 11) is 0. The highest BCUT2D eigenvalue weighted by atomic mass is 16.4. The van der Waals surface area contributed by atoms with Gasteiger partial charge in [0.1, 0.15) is 11.3 Å². The van der Waals surface area contributed by atoms with Crippen molar-refractivity contribution in [2.45, 2.75) is 26.3 Å². The van der Waals surface area contributed by atoms with Crippen molar-refractivity contribution in [3.63, 3.8) is 0 Å². The normalized spacial score (nSPS) is 14.4. The molecule has 4 aromatic rings. The number of carboxylic acids is 1. The number of imidazole rings is 1. The van der Waals surface area contributed by atoms with Crippen molar-refractivity contribution in [3.05, 3.63) is 77.4 Å². The van der Waals surface area contributed by atoms with Crippen LogP contribution in [-0.2, 0) is 6.54 Å². The third kappa shape index (κ3) is 3.97. The Balaban J connectivity index is 1.38. The van der Waals surface area contributed by atoms with Gasteiger partial charge >= 0.3 is 5.97 Å². The number of aromatic amines is 1. The van der Waals surface area contributed by atoms with E-state index < -0.39 is 5.97 Å². The van der Waals surface area contributed by atoms with E-state index in [2.05, 4.69) is 51.3 Å². The number of fused-ring (bicyclic) bond motifs is 1. The maximum atomic E-state index is 11.6. The standard InChI is InChI=1S/C26H25N3O2/c1-17-14-22(26(30)31)24-23(15-17)27-25(28-24)21-10-8-20(9-11-21)19-6-4-18(5-7-19)16-29-12-2-3-13-29/h4-11,14-15H,2-3,12-13,16H2,1H3,(H,27,28)(H,30,31). The topological polar surface area (TPSA) is 69.2 Å². The monoisotopic (exact) mass is 411 g/mol. The van der Waals surface area contributed by atoms with Crippen molar-refractivity contribution >= 4 is 17.0 Å². The lowest BCUT2D eigenvalue weighted by atomic mass is 10.0. The molecule has 0 unspecified atom stereocenters. The summed E-state index contributed by atoms with van der Waals surface area (Å²) >= 11 is 0. The Hall–Kier alpha value is -3.44. The molecule has 2 heterocycles. The molecule has 0 radical (unpaired) electrons. The van der Waals surface area contributed by atoms with Crippen LogP contribution in [0, 0.1) is 6.92 Å². The van der Waals surface area contributed by atoms with Crippen LogP contribution in [0.2, 0.25) is 0 Å². The molecule has 0 atom stereocenters. The van der Waals surface area contributed by atoms with Crippen LogP contribution in [0.3, 0.4) is 0 Å². The number of likely N-dealkylation sites (tertiary alicyclic amines) is 1. The highest BCUT2D eigenvalue weighted by Crippen LogP contribution is 2.27. The quantitative estimate of drug-likeness (QED) is 0.455. The summed E-state index contributed by atoms with van der Waals surface area (Å²) < 4.78 is 0. The minimum Gasteiger partial charge on any atom is -0.478 e. The van der Waals surface area contributed by atoms with E-state index in [4.69, 9.17) is 0 Å². The van der Waals surface area contributed by atoms with Gasteiger partial charge in [-0.05, 0) is 67.2 Å². The summed E-state index contributed by atoms with van der Waals surface area (Å²) in [6, 6.07) is 20.6. The first-order valence-electron chi connectivity index (χ1n) is 10.7. The first-order valence-corrected chi connectivity index (χ1v) is 10.7. The summed E-state index contributed by atoms with van der Waals surface area (Å²) in [6.45, 7) is 5.33. The number of hydrogen-bond donors (Lipinski definition) is 2. The van der Waals surface area contributed by atoms with Crippen molar-refractivity contribution in [2.24, 2.45) is 0 Å². The molecular formula is C26H25N3O2. The van der Waals surface area contributed by atoms with E-state index in [1.807, 2.05) is 25.1 Å². The van der Waals surface area contributed by atoms with Gasteiger partial charge in [0, 0.05) is 12.1 Å². The lowest BCUT2D eigenvalue weighted by molar-refractivity contribution is 0.0698. The maximum Gasteiger partial charge on any atom is 0.337 e. The first-order chi connectivity index (χ1) is 15.1. The van der Waals surface area contributed by atoms with Gasteiger partial charge in [0.05, 0.1) is 11.1 Å². The van der Waals surface area contributed by atoms with Gasteiger partial charge in [-0.15, -0.1) is 0 Å². The molecular weight excluding hydrogens is 386 g/mol. The third-order valence-corrected chi connectivity index (χ3v) is 6.01. The molecule has 0 spiro atoms. The van der Waals surface area contributed by atoms with Crippen LogP contribution < -0.4 is 0 Å². The van der Waals surface area contributed by atoms with Gasteiger partial charge < -0.3 is 10.1 Å². The average Bonchev–Trinajstić information content (AvgIpc) is 3.43. The number of aryl methyl sites for hydroxylation is 1. The minimum absolute atomic E-state index is 0.225. The van der Waals surface area contributed by atoms with Gasteiger partial charge in [-0.1, -0.05) is 48.5 Å². The molecule has 5 rings (SSSR count). The maximum absolute atomic E-state index is 11.6. The molecule has 0 saturated carbocycles. The Morgan fingerprint density at radius 2 is 1.58 bits per heavy atom. The van der Waals surface area contributed by atoms with Crippen LogP contribution in [0.15, 0.2) is 60.7 Å². The van der Waals surface area contributed by atoms with Gasteiger partial charge in [0.25, 0.3) is 0 Å². The van der Waals surface area contributed by atoms with Crippen molar-refractivity contribution in [2.75, 3.05) is 13.1 Å². The molecule has 1 aromatic heterocycles. The number of rotatable bonds is 5. The number of carbonyl (C=O) groups is 1. The zero-order valence-electron chi connectivity index (χ0n) is 17.6. The molecule has 156 valence electrons. The second-order valence-electron chi connectivity index (χ2n) is 8.36. The summed E-state index contributed by atoms with van der Waals surface area (Å²) in [4.78, 5) is 21.9. The van der Waals surface area contributed by atoms with Crippen LogP contribution in [0.4, 0.5) is 0 Å². The molecule has 3 aromatic carbocycles. The fourth-order valence-corrected chi connectivity index (χ4v) is 4.38. The van der Waals surface area contributed by atoms with Crippen molar-refractivity contribution in [3.8, 4) is 22.5 Å². The SMILES string of the molecule is Cc1cc(C(=O)O)c2nc(-c3ccc(-c4ccc(CN5CCCC5)cc4)cc3)[nH]c2c1. The number of H-pyrrole nitrogens is 1. The van der Waals surface area contributed by atoms with Crippen LogP contribution in [-0.4, -0.2) is 39.0 Å². The number of benzene rings is 3. The smallest absolute Gasteiger partial charge is 0.337 e. The van der Waals surface area contributed by atoms with Gasteiger partial charge in [0.15, 0.2) is 0 Å². The van der Waals surface area contributed by atoms with Crippen molar-refractivity contribution in [1.82, 2.24) is 14.9 Å². The Bertz CT molecular complexity index is 1230. The molecule has 0 amide bonds. The highest BCUT2D eigenvalue weighted by Gasteiger charge is 2.15. The summed E-state index contributed by atoms with van der Waals surface area (Å²) in [5.74, 6) is -0.286. The zero-order chi connectivity index (χ0) is 21.4. The van der Waals surface area contributed by atoms with E-state index in [0.717, 1.165) is 28.8 Å². The molecule has 1 saturated heterocycles. The molecule has 31 heavy (non-hydrogen) atoms. The summed E-state index contributed by atoms with van der Waals surface area (Å²) in [6.07, 6.45) is 2.62. The molecule has 1 aliphatic heterocycles. The van der Waals surface area contributed by atoms with Crippen LogP contribution in [0.1, 0.15) is 34.3 Å². The lowest BCUT2D eigenvalue weighted by Crippen LogP contribution is -2.18. The number of aromatic carboxylic acids is 1. The fourth-order valence-electron chi connectivity index (χ4n) is 4.38. The second-order valence-corrected chi connectivity index (χ2v) is 8.36. The molecule has 0 aliphatic carbocycles. The largest absolute Gasteiger partial charge is 0.478 e. The average molecular weight is 412 g/mol. The fraction of sp³-hybridized carbons (Fsp3) is 0.231. The predicted octanol–water partition coefficient (Wildman–Crippen LogP) is 5.50. The van der Waals surface area contributed by atoms with E-state index >= 15 is 0 Å². The van der Waals surface area contributed by atoms with E-state index in [9.17, 15) is 9.90 Å². The molecule has 1 aliphatic rings. The van der Waals surface area contributed by atoms with Crippen molar-refractivity contribution in [1.29, 1.82) is 0 Å². The molecule has 0 bridgehead atoms. The Kier molecular flexibility index (Phi) is 5.04. The molecule has 2 N–H and O–H groups in total. The van der Waals surface area contributed by atoms with E-state index in [1.54, 1.807) is 6.07 Å². The third-order valence-electron chi connectivity index (χ3n) is 6.01. The van der Waals surface area contributed by atoms with Crippen LogP contribution in [0.25, 0.3) is 33.5 Å². The van der Waals surface area contributed by atoms with Crippen LogP contribution in [0.5, 0.6) is 0 Å². The van der Waals surface area contributed by atoms with Gasteiger partial charge in [-0.3, -0.25) is 4.90 Å². The first kappa shape index (κ1) is 19.5. The number of aromatic nitrogens is 2. The Labute approximate surface area is 181 Å². The summed E-state index contributed by atoms with van der Waals surface area (Å²) in [5.41, 5.74) is 6.97. The summed E-state index contributed by atoms with van der Waals surface area (Å²) in [5, 5.41) is 9.49. The van der Waals surface area contributed by atoms with E-state index in [0.29, 0.717) is 11.3 Å². The van der Waals surface area contributed by atoms with Gasteiger partial charge in [-0.2, -0.15) is 0 Å². The number of nitrogens with one attached hydrogen (secondary N) is 1. The van der Waals surface area contributed by atoms with Gasteiger partial charge in [0.2, 0.25) is 0 Å². The highest BCUT2D eigenvalue weighted by molar-refractivity contribution is 6.02. The Morgan fingerprint density at radius 3 is 2.23 bits per heavy atom. The Morgan fingerprint density at radius 1 is 0.968 bits per heavy atom.